The molecule has 5 heteroatoms. The maximum atomic E-state index is 4.00. The van der Waals surface area contributed by atoms with Gasteiger partial charge >= 0.3 is 21.7 Å². The van der Waals surface area contributed by atoms with Crippen molar-refractivity contribution >= 4 is 18.4 Å². The van der Waals surface area contributed by atoms with Crippen LogP contribution < -0.4 is 47.6 Å². The second kappa shape index (κ2) is 12.8. The van der Waals surface area contributed by atoms with E-state index in [1.54, 1.807) is 5.19 Å². The van der Waals surface area contributed by atoms with Crippen molar-refractivity contribution in [1.82, 2.24) is 0 Å². The van der Waals surface area contributed by atoms with Gasteiger partial charge in [-0.3, -0.25) is 6.08 Å². The van der Waals surface area contributed by atoms with Crippen molar-refractivity contribution < 1.29 is 58.9 Å². The van der Waals surface area contributed by atoms with Crippen molar-refractivity contribution in [2.45, 2.75) is 66.0 Å². The van der Waals surface area contributed by atoms with Gasteiger partial charge in [-0.1, -0.05) is 109 Å². The van der Waals surface area contributed by atoms with E-state index in [0.717, 1.165) is 0 Å². The first-order valence-electron chi connectivity index (χ1n) is 10.2. The fraction of sp³-hybridized carbons (Fsp3) is 0.385. The van der Waals surface area contributed by atoms with Gasteiger partial charge in [0.15, 0.2) is 0 Å². The van der Waals surface area contributed by atoms with Gasteiger partial charge in [0.2, 0.25) is 0 Å². The van der Waals surface area contributed by atoms with Crippen molar-refractivity contribution in [3.05, 3.63) is 82.5 Å². The molecule has 0 radical (unpaired) electrons. The van der Waals surface area contributed by atoms with E-state index in [4.69, 9.17) is 0 Å². The first kappa shape index (κ1) is 32.9. The van der Waals surface area contributed by atoms with Gasteiger partial charge in [0, 0.05) is 0 Å². The van der Waals surface area contributed by atoms with Crippen molar-refractivity contribution in [2.75, 3.05) is 0 Å². The summed E-state index contributed by atoms with van der Waals surface area (Å²) in [4.78, 5) is 0. The van der Waals surface area contributed by atoms with Gasteiger partial charge in [0.05, 0.1) is 0 Å². The second-order valence-electron chi connectivity index (χ2n) is 8.52. The minimum atomic E-state index is -2.14. The molecule has 3 rings (SSSR count). The molecule has 166 valence electrons. The topological polar surface area (TPSA) is 0 Å². The molecule has 0 bridgehead atoms. The number of allylic oxidation sites excluding steroid dienone is 4. The van der Waals surface area contributed by atoms with E-state index in [1.165, 1.54) is 45.5 Å². The molecule has 31 heavy (non-hydrogen) atoms. The van der Waals surface area contributed by atoms with Gasteiger partial charge in [-0.05, 0) is 19.9 Å². The van der Waals surface area contributed by atoms with Crippen LogP contribution in [0.25, 0.3) is 0 Å². The number of hydrogen-bond donors (Lipinski definition) is 0. The minimum absolute atomic E-state index is 0. The Kier molecular flexibility index (Phi) is 13.6. The van der Waals surface area contributed by atoms with Crippen LogP contribution in [0.4, 0.5) is 0 Å². The average Bonchev–Trinajstić information content (AvgIpc) is 2.83. The SMILES string of the molecule is CCC[Si](c1ccccc1)(c1cc(C)cc(C)c1)C1(C)[C-]=C(C)C(C)=C1C.[Cl-].[Cl-].[Cl-].[Ti+4]. The monoisotopic (exact) mass is 526 g/mol. The summed E-state index contributed by atoms with van der Waals surface area (Å²) >= 11 is 0. The van der Waals surface area contributed by atoms with Crippen molar-refractivity contribution in [2.24, 2.45) is 0 Å². The molecule has 0 saturated carbocycles. The summed E-state index contributed by atoms with van der Waals surface area (Å²) in [5.41, 5.74) is 7.03. The second-order valence-corrected chi connectivity index (χ2v) is 13.0. The molecule has 2 atom stereocenters. The number of hydrogen-bond acceptors (Lipinski definition) is 0. The molecule has 2 aromatic rings. The molecule has 0 aliphatic heterocycles. The van der Waals surface area contributed by atoms with Gasteiger partial charge in [-0.25, -0.2) is 5.57 Å². The van der Waals surface area contributed by atoms with Gasteiger partial charge < -0.3 is 37.2 Å². The third-order valence-electron chi connectivity index (χ3n) is 6.77. The average molecular weight is 528 g/mol. The van der Waals surface area contributed by atoms with Gasteiger partial charge in [-0.15, -0.1) is 6.92 Å². The Hall–Kier alpha value is -0.279. The van der Waals surface area contributed by atoms with E-state index in [-0.39, 0.29) is 64.0 Å². The number of benzene rings is 2. The Morgan fingerprint density at radius 2 is 1.32 bits per heavy atom. The van der Waals surface area contributed by atoms with Crippen LogP contribution in [0.5, 0.6) is 0 Å². The smallest absolute Gasteiger partial charge is 1.00 e. The van der Waals surface area contributed by atoms with E-state index in [1.807, 2.05) is 0 Å². The molecule has 0 nitrogen and oxygen atoms in total. The van der Waals surface area contributed by atoms with Gasteiger partial charge in [0.25, 0.3) is 0 Å². The first-order chi connectivity index (χ1) is 12.8. The summed E-state index contributed by atoms with van der Waals surface area (Å²) in [5, 5.41) is 3.08. The summed E-state index contributed by atoms with van der Waals surface area (Å²) in [6, 6.07) is 19.8. The van der Waals surface area contributed by atoms with Crippen molar-refractivity contribution in [3.63, 3.8) is 0 Å². The number of aryl methyl sites for hydroxylation is 2. The summed E-state index contributed by atoms with van der Waals surface area (Å²) in [5.74, 6) is 0. The maximum absolute atomic E-state index is 4.00. The Balaban J connectivity index is 0. The Morgan fingerprint density at radius 3 is 1.74 bits per heavy atom. The Morgan fingerprint density at radius 1 is 0.806 bits per heavy atom. The van der Waals surface area contributed by atoms with E-state index in [2.05, 4.69) is 103 Å². The molecule has 1 aliphatic rings. The van der Waals surface area contributed by atoms with Crippen LogP contribution in [-0.2, 0) is 21.7 Å². The Labute approximate surface area is 224 Å². The molecule has 0 N–H and O–H groups in total. The zero-order valence-corrected chi connectivity index (χ0v) is 24.5. The standard InChI is InChI=1S/C26H33Si.3ClH.Ti/c1-8-14-27(24-12-10-9-11-13-24,25-16-19(2)15-20(3)17-25)26(7)18-21(4)22(5)23(26)6;;;;/h9-13,15-17H,8,14H2,1-7H3;3*1H;/q-1;;;;+4/p-3. The van der Waals surface area contributed by atoms with Crippen LogP contribution in [0, 0.1) is 19.9 Å². The molecule has 0 aromatic heterocycles. The normalized spacial score (nSPS) is 19.1. The minimum Gasteiger partial charge on any atom is -1.00 e. The Bertz CT molecular complexity index is 903. The van der Waals surface area contributed by atoms with Gasteiger partial charge in [0.1, 0.15) is 8.07 Å². The van der Waals surface area contributed by atoms with Crippen LogP contribution in [0.3, 0.4) is 0 Å². The molecular formula is C26H33Cl3SiTi. The molecular weight excluding hydrogens is 495 g/mol. The van der Waals surface area contributed by atoms with Crippen molar-refractivity contribution in [3.8, 4) is 0 Å². The predicted octanol–water partition coefficient (Wildman–Crippen LogP) is -2.85. The van der Waals surface area contributed by atoms with Crippen LogP contribution in [0.1, 0.15) is 52.2 Å². The maximum Gasteiger partial charge on any atom is 4.00 e. The molecule has 2 unspecified atom stereocenters. The molecule has 0 spiro atoms. The molecule has 0 saturated heterocycles. The van der Waals surface area contributed by atoms with Crippen LogP contribution >= 0.6 is 0 Å². The number of halogens is 3. The third kappa shape index (κ3) is 5.62. The van der Waals surface area contributed by atoms with E-state index < -0.39 is 8.07 Å². The zero-order valence-electron chi connectivity index (χ0n) is 19.7. The van der Waals surface area contributed by atoms with E-state index >= 15 is 0 Å². The summed E-state index contributed by atoms with van der Waals surface area (Å²) in [6.07, 6.45) is 5.19. The van der Waals surface area contributed by atoms with Crippen LogP contribution in [-0.4, -0.2) is 8.07 Å². The molecule has 2 aromatic carbocycles. The number of rotatable bonds is 5. The summed E-state index contributed by atoms with van der Waals surface area (Å²) in [6.45, 7) is 16.2. The quantitative estimate of drug-likeness (QED) is 0.290. The summed E-state index contributed by atoms with van der Waals surface area (Å²) < 4.78 is 0. The fourth-order valence-electron chi connectivity index (χ4n) is 5.25. The first-order valence-corrected chi connectivity index (χ1v) is 12.4. The largest absolute Gasteiger partial charge is 4.00 e. The predicted molar refractivity (Wildman–Crippen MR) is 122 cm³/mol. The van der Waals surface area contributed by atoms with E-state index in [0.29, 0.717) is 0 Å². The zero-order chi connectivity index (χ0) is 19.8. The molecule has 0 fully saturated rings. The van der Waals surface area contributed by atoms with Crippen LogP contribution in [0.2, 0.25) is 11.1 Å². The van der Waals surface area contributed by atoms with Crippen LogP contribution in [0.15, 0.2) is 65.3 Å². The summed E-state index contributed by atoms with van der Waals surface area (Å²) in [7, 11) is -2.14. The van der Waals surface area contributed by atoms with E-state index in [9.17, 15) is 0 Å². The molecule has 0 heterocycles. The molecule has 0 amide bonds. The van der Waals surface area contributed by atoms with Gasteiger partial charge in [-0.2, -0.15) is 11.1 Å². The molecule has 1 aliphatic carbocycles. The fourth-order valence-corrected chi connectivity index (χ4v) is 11.5. The van der Waals surface area contributed by atoms with Crippen molar-refractivity contribution in [1.29, 1.82) is 0 Å². The third-order valence-corrected chi connectivity index (χ3v) is 12.8.